The van der Waals surface area contributed by atoms with Gasteiger partial charge in [-0.25, -0.2) is 9.59 Å². The zero-order chi connectivity index (χ0) is 16.9. The van der Waals surface area contributed by atoms with Crippen molar-refractivity contribution < 1.29 is 19.4 Å². The summed E-state index contributed by atoms with van der Waals surface area (Å²) in [6.07, 6.45) is 2.22. The Morgan fingerprint density at radius 3 is 2.41 bits per heavy atom. The van der Waals surface area contributed by atoms with Crippen molar-refractivity contribution in [1.82, 2.24) is 0 Å². The van der Waals surface area contributed by atoms with E-state index >= 15 is 0 Å². The SMILES string of the molecule is CCCCOC(=O)c1ccc(Br)c(CC(C)(C)C)c1C(=O)O. The molecule has 1 N–H and O–H groups in total. The molecule has 1 aromatic rings. The van der Waals surface area contributed by atoms with Crippen molar-refractivity contribution in [1.29, 1.82) is 0 Å². The third-order valence-electron chi connectivity index (χ3n) is 3.13. The second kappa shape index (κ2) is 7.77. The van der Waals surface area contributed by atoms with Gasteiger partial charge in [-0.2, -0.15) is 0 Å². The van der Waals surface area contributed by atoms with Crippen molar-refractivity contribution in [3.05, 3.63) is 33.3 Å². The normalized spacial score (nSPS) is 11.3. The summed E-state index contributed by atoms with van der Waals surface area (Å²) in [6.45, 7) is 8.38. The van der Waals surface area contributed by atoms with Gasteiger partial charge in [0, 0.05) is 4.47 Å². The predicted molar refractivity (Wildman–Crippen MR) is 89.5 cm³/mol. The first-order valence-corrected chi connectivity index (χ1v) is 8.18. The average Bonchev–Trinajstić information content (AvgIpc) is 2.39. The molecular weight excluding hydrogens is 348 g/mol. The lowest BCUT2D eigenvalue weighted by Gasteiger charge is -2.21. The number of hydrogen-bond acceptors (Lipinski definition) is 3. The number of ether oxygens (including phenoxy) is 1. The number of carbonyl (C=O) groups excluding carboxylic acids is 1. The molecule has 0 fully saturated rings. The summed E-state index contributed by atoms with van der Waals surface area (Å²) in [6, 6.07) is 3.22. The summed E-state index contributed by atoms with van der Waals surface area (Å²) < 4.78 is 5.87. The number of aromatic carboxylic acids is 1. The van der Waals surface area contributed by atoms with Crippen molar-refractivity contribution in [3.8, 4) is 0 Å². The van der Waals surface area contributed by atoms with Gasteiger partial charge in [-0.15, -0.1) is 0 Å². The van der Waals surface area contributed by atoms with E-state index in [-0.39, 0.29) is 16.5 Å². The van der Waals surface area contributed by atoms with Crippen LogP contribution >= 0.6 is 15.9 Å². The molecule has 0 bridgehead atoms. The molecule has 0 unspecified atom stereocenters. The van der Waals surface area contributed by atoms with Crippen LogP contribution in [0.1, 0.15) is 66.8 Å². The molecule has 0 radical (unpaired) electrons. The number of carbonyl (C=O) groups is 2. The lowest BCUT2D eigenvalue weighted by molar-refractivity contribution is 0.0488. The molecule has 0 amide bonds. The minimum absolute atomic E-state index is 0.0331. The quantitative estimate of drug-likeness (QED) is 0.582. The highest BCUT2D eigenvalue weighted by Crippen LogP contribution is 2.31. The van der Waals surface area contributed by atoms with Gasteiger partial charge >= 0.3 is 11.9 Å². The highest BCUT2D eigenvalue weighted by atomic mass is 79.9. The second-order valence-corrected chi connectivity index (χ2v) is 7.33. The number of unbranched alkanes of at least 4 members (excludes halogenated alkanes) is 1. The Morgan fingerprint density at radius 1 is 1.27 bits per heavy atom. The van der Waals surface area contributed by atoms with Crippen LogP contribution in [0, 0.1) is 5.41 Å². The third-order valence-corrected chi connectivity index (χ3v) is 3.87. The lowest BCUT2D eigenvalue weighted by Crippen LogP contribution is -2.18. The van der Waals surface area contributed by atoms with E-state index in [0.717, 1.165) is 12.8 Å². The number of hydrogen-bond donors (Lipinski definition) is 1. The predicted octanol–water partition coefficient (Wildman–Crippen LogP) is 4.69. The van der Waals surface area contributed by atoms with Crippen LogP contribution in [0.2, 0.25) is 0 Å². The number of esters is 1. The molecule has 0 aliphatic rings. The van der Waals surface area contributed by atoms with E-state index in [2.05, 4.69) is 15.9 Å². The van der Waals surface area contributed by atoms with Crippen LogP contribution in [-0.2, 0) is 11.2 Å². The molecule has 1 aromatic carbocycles. The van der Waals surface area contributed by atoms with E-state index in [1.165, 1.54) is 6.07 Å². The van der Waals surface area contributed by atoms with Crippen LogP contribution in [-0.4, -0.2) is 23.7 Å². The molecule has 0 spiro atoms. The zero-order valence-electron chi connectivity index (χ0n) is 13.5. The molecule has 0 aliphatic carbocycles. The van der Waals surface area contributed by atoms with Gasteiger partial charge in [-0.3, -0.25) is 0 Å². The third kappa shape index (κ3) is 5.13. The number of halogens is 1. The van der Waals surface area contributed by atoms with Crippen LogP contribution in [0.25, 0.3) is 0 Å². The maximum Gasteiger partial charge on any atom is 0.339 e. The first kappa shape index (κ1) is 18.7. The van der Waals surface area contributed by atoms with Crippen LogP contribution in [0.5, 0.6) is 0 Å². The molecule has 4 nitrogen and oxygen atoms in total. The van der Waals surface area contributed by atoms with Crippen molar-refractivity contribution in [2.75, 3.05) is 6.61 Å². The standard InChI is InChI=1S/C17H23BrO4/c1-5-6-9-22-16(21)11-7-8-13(18)12(10-17(2,3)4)14(11)15(19)20/h7-8H,5-6,9-10H2,1-4H3,(H,19,20). The van der Waals surface area contributed by atoms with Crippen LogP contribution in [0.3, 0.4) is 0 Å². The van der Waals surface area contributed by atoms with E-state index in [9.17, 15) is 14.7 Å². The largest absolute Gasteiger partial charge is 0.478 e. The molecule has 122 valence electrons. The van der Waals surface area contributed by atoms with Crippen LogP contribution in [0.4, 0.5) is 0 Å². The van der Waals surface area contributed by atoms with Gasteiger partial charge in [-0.05, 0) is 36.0 Å². The van der Waals surface area contributed by atoms with E-state index in [1.807, 2.05) is 27.7 Å². The highest BCUT2D eigenvalue weighted by Gasteiger charge is 2.26. The Bertz CT molecular complexity index is 559. The molecule has 0 saturated heterocycles. The molecule has 0 aliphatic heterocycles. The van der Waals surface area contributed by atoms with E-state index < -0.39 is 11.9 Å². The highest BCUT2D eigenvalue weighted by molar-refractivity contribution is 9.10. The minimum atomic E-state index is -1.11. The number of rotatable bonds is 6. The summed E-state index contributed by atoms with van der Waals surface area (Å²) in [4.78, 5) is 23.9. The van der Waals surface area contributed by atoms with Crippen molar-refractivity contribution in [2.45, 2.75) is 47.0 Å². The smallest absolute Gasteiger partial charge is 0.339 e. The summed E-state index contributed by atoms with van der Waals surface area (Å²) in [5.74, 6) is -1.68. The van der Waals surface area contributed by atoms with Gasteiger partial charge in [0.15, 0.2) is 0 Å². The fourth-order valence-electron chi connectivity index (χ4n) is 2.13. The van der Waals surface area contributed by atoms with Gasteiger partial charge in [-0.1, -0.05) is 50.0 Å². The van der Waals surface area contributed by atoms with E-state index in [1.54, 1.807) is 6.07 Å². The molecule has 0 saturated carbocycles. The monoisotopic (exact) mass is 370 g/mol. The molecule has 5 heteroatoms. The molecule has 0 aromatic heterocycles. The van der Waals surface area contributed by atoms with E-state index in [0.29, 0.717) is 23.1 Å². The Kier molecular flexibility index (Phi) is 6.60. The minimum Gasteiger partial charge on any atom is -0.478 e. The van der Waals surface area contributed by atoms with Crippen molar-refractivity contribution >= 4 is 27.9 Å². The van der Waals surface area contributed by atoms with Gasteiger partial charge in [0.1, 0.15) is 0 Å². The average molecular weight is 371 g/mol. The van der Waals surface area contributed by atoms with Gasteiger partial charge in [0.25, 0.3) is 0 Å². The summed E-state index contributed by atoms with van der Waals surface area (Å²) >= 11 is 3.40. The Balaban J connectivity index is 3.26. The molecule has 22 heavy (non-hydrogen) atoms. The van der Waals surface area contributed by atoms with Crippen LogP contribution < -0.4 is 0 Å². The fourth-order valence-corrected chi connectivity index (χ4v) is 2.60. The summed E-state index contributed by atoms with van der Waals surface area (Å²) in [5.41, 5.74) is 0.680. The zero-order valence-corrected chi connectivity index (χ0v) is 15.1. The van der Waals surface area contributed by atoms with Crippen molar-refractivity contribution in [3.63, 3.8) is 0 Å². The number of carboxylic acids is 1. The Hall–Kier alpha value is -1.36. The van der Waals surface area contributed by atoms with Crippen molar-refractivity contribution in [2.24, 2.45) is 5.41 Å². The molecule has 1 rings (SSSR count). The second-order valence-electron chi connectivity index (χ2n) is 6.48. The summed E-state index contributed by atoms with van der Waals surface area (Å²) in [7, 11) is 0. The van der Waals surface area contributed by atoms with Gasteiger partial charge < -0.3 is 9.84 Å². The Morgan fingerprint density at radius 2 is 1.91 bits per heavy atom. The molecule has 0 atom stereocenters. The first-order chi connectivity index (χ1) is 10.2. The number of benzene rings is 1. The van der Waals surface area contributed by atoms with Crippen LogP contribution in [0.15, 0.2) is 16.6 Å². The number of carboxylic acid groups (broad SMARTS) is 1. The fraction of sp³-hybridized carbons (Fsp3) is 0.529. The first-order valence-electron chi connectivity index (χ1n) is 7.39. The summed E-state index contributed by atoms with van der Waals surface area (Å²) in [5, 5.41) is 9.56. The molecule has 0 heterocycles. The maximum atomic E-state index is 12.2. The lowest BCUT2D eigenvalue weighted by atomic mass is 9.85. The Labute approximate surface area is 140 Å². The van der Waals surface area contributed by atoms with Gasteiger partial charge in [0.2, 0.25) is 0 Å². The van der Waals surface area contributed by atoms with Gasteiger partial charge in [0.05, 0.1) is 17.7 Å². The maximum absolute atomic E-state index is 12.2. The van der Waals surface area contributed by atoms with E-state index in [4.69, 9.17) is 4.74 Å². The molecular formula is C17H23BrO4. The topological polar surface area (TPSA) is 63.6 Å².